The molecule has 0 radical (unpaired) electrons. The Bertz CT molecular complexity index is 415. The van der Waals surface area contributed by atoms with Gasteiger partial charge in [0.25, 0.3) is 0 Å². The molecule has 0 spiro atoms. The minimum absolute atomic E-state index is 0.235. The van der Waals surface area contributed by atoms with E-state index in [4.69, 9.17) is 9.47 Å². The van der Waals surface area contributed by atoms with Gasteiger partial charge in [-0.25, -0.2) is 9.59 Å². The molecule has 130 valence electrons. The van der Waals surface area contributed by atoms with Gasteiger partial charge >= 0.3 is 11.9 Å². The Morgan fingerprint density at radius 3 is 2.35 bits per heavy atom. The van der Waals surface area contributed by atoms with Gasteiger partial charge in [-0.3, -0.25) is 0 Å². The van der Waals surface area contributed by atoms with E-state index in [0.29, 0.717) is 19.4 Å². The third-order valence-corrected chi connectivity index (χ3v) is 3.17. The van der Waals surface area contributed by atoms with Gasteiger partial charge in [-0.2, -0.15) is 0 Å². The van der Waals surface area contributed by atoms with Crippen LogP contribution >= 0.6 is 0 Å². The van der Waals surface area contributed by atoms with Crippen LogP contribution in [0.4, 0.5) is 0 Å². The monoisotopic (exact) mass is 322 g/mol. The lowest BCUT2D eigenvalue weighted by molar-refractivity contribution is -0.144. The molecule has 0 aliphatic heterocycles. The molecule has 0 saturated heterocycles. The van der Waals surface area contributed by atoms with Crippen LogP contribution in [0.3, 0.4) is 0 Å². The van der Waals surface area contributed by atoms with Gasteiger partial charge in [-0.1, -0.05) is 46.0 Å². The Balaban J connectivity index is 4.00. The van der Waals surface area contributed by atoms with Crippen molar-refractivity contribution in [1.82, 2.24) is 0 Å². The van der Waals surface area contributed by atoms with Crippen molar-refractivity contribution in [3.63, 3.8) is 0 Å². The van der Waals surface area contributed by atoms with E-state index >= 15 is 0 Å². The summed E-state index contributed by atoms with van der Waals surface area (Å²) in [5, 5.41) is 0. The summed E-state index contributed by atoms with van der Waals surface area (Å²) in [6.45, 7) is 6.52. The lowest BCUT2D eigenvalue weighted by atomic mass is 10.2. The summed E-state index contributed by atoms with van der Waals surface area (Å²) < 4.78 is 10.3. The standard InChI is InChI=1S/C19H30O4/c1-4-7-9-11-13-17(6-3)23-19(21)15-14-18(20)22-16-12-10-8-5-2/h14-15,17H,4-8,10,12-13,16H2,1-3H3/b15-14+. The second-order valence-corrected chi connectivity index (χ2v) is 5.34. The molecular formula is C19H30O4. The van der Waals surface area contributed by atoms with E-state index in [0.717, 1.165) is 50.7 Å². The van der Waals surface area contributed by atoms with E-state index in [2.05, 4.69) is 25.7 Å². The van der Waals surface area contributed by atoms with Gasteiger partial charge in [-0.15, -0.1) is 5.92 Å². The molecule has 0 saturated carbocycles. The van der Waals surface area contributed by atoms with Gasteiger partial charge in [0.1, 0.15) is 6.10 Å². The van der Waals surface area contributed by atoms with E-state index in [1.807, 2.05) is 6.92 Å². The lowest BCUT2D eigenvalue weighted by Crippen LogP contribution is -2.15. The molecule has 0 aliphatic rings. The molecule has 0 aromatic heterocycles. The molecule has 0 heterocycles. The molecule has 0 bridgehead atoms. The number of hydrogen-bond donors (Lipinski definition) is 0. The van der Waals surface area contributed by atoms with Crippen molar-refractivity contribution in [3.8, 4) is 11.8 Å². The Hall–Kier alpha value is -1.76. The maximum Gasteiger partial charge on any atom is 0.331 e. The first-order valence-electron chi connectivity index (χ1n) is 8.65. The summed E-state index contributed by atoms with van der Waals surface area (Å²) in [5.74, 6) is 5.00. The van der Waals surface area contributed by atoms with Crippen molar-refractivity contribution in [2.75, 3.05) is 6.61 Å². The first-order valence-corrected chi connectivity index (χ1v) is 8.65. The number of unbranched alkanes of at least 4 members (excludes halogenated alkanes) is 4. The average Bonchev–Trinajstić information content (AvgIpc) is 2.55. The molecule has 23 heavy (non-hydrogen) atoms. The number of rotatable bonds is 11. The van der Waals surface area contributed by atoms with Gasteiger partial charge in [0.05, 0.1) is 6.61 Å². The predicted octanol–water partition coefficient (Wildman–Crippen LogP) is 4.18. The Labute approximate surface area is 140 Å². The zero-order valence-electron chi connectivity index (χ0n) is 14.7. The molecule has 0 rings (SSSR count). The highest BCUT2D eigenvalue weighted by Crippen LogP contribution is 2.04. The highest BCUT2D eigenvalue weighted by atomic mass is 16.5. The van der Waals surface area contributed by atoms with Crippen LogP contribution in [0.25, 0.3) is 0 Å². The predicted molar refractivity (Wildman–Crippen MR) is 91.7 cm³/mol. The molecule has 4 heteroatoms. The maximum absolute atomic E-state index is 11.7. The molecule has 0 amide bonds. The van der Waals surface area contributed by atoms with Crippen LogP contribution in [0.1, 0.15) is 72.1 Å². The van der Waals surface area contributed by atoms with Gasteiger partial charge in [0.15, 0.2) is 0 Å². The molecular weight excluding hydrogens is 292 g/mol. The van der Waals surface area contributed by atoms with Gasteiger partial charge in [0.2, 0.25) is 0 Å². The zero-order valence-corrected chi connectivity index (χ0v) is 14.7. The quantitative estimate of drug-likeness (QED) is 0.248. The molecule has 0 fully saturated rings. The summed E-state index contributed by atoms with van der Waals surface area (Å²) in [6.07, 6.45) is 9.29. The smallest absolute Gasteiger partial charge is 0.331 e. The Morgan fingerprint density at radius 2 is 1.70 bits per heavy atom. The van der Waals surface area contributed by atoms with Crippen LogP contribution < -0.4 is 0 Å². The van der Waals surface area contributed by atoms with Crippen LogP contribution in [0.5, 0.6) is 0 Å². The van der Waals surface area contributed by atoms with Gasteiger partial charge in [0, 0.05) is 25.0 Å². The minimum Gasteiger partial charge on any atom is -0.463 e. The molecule has 0 aromatic rings. The Morgan fingerprint density at radius 1 is 0.957 bits per heavy atom. The van der Waals surface area contributed by atoms with Crippen LogP contribution in [0.15, 0.2) is 12.2 Å². The maximum atomic E-state index is 11.7. The average molecular weight is 322 g/mol. The topological polar surface area (TPSA) is 52.6 Å². The summed E-state index contributed by atoms with van der Waals surface area (Å²) in [5.41, 5.74) is 0. The van der Waals surface area contributed by atoms with E-state index in [-0.39, 0.29) is 6.10 Å². The summed E-state index contributed by atoms with van der Waals surface area (Å²) in [7, 11) is 0. The van der Waals surface area contributed by atoms with E-state index < -0.39 is 11.9 Å². The van der Waals surface area contributed by atoms with Crippen molar-refractivity contribution in [1.29, 1.82) is 0 Å². The van der Waals surface area contributed by atoms with Crippen molar-refractivity contribution < 1.29 is 19.1 Å². The first kappa shape index (κ1) is 21.2. The number of esters is 2. The highest BCUT2D eigenvalue weighted by molar-refractivity contribution is 5.91. The summed E-state index contributed by atoms with van der Waals surface area (Å²) in [6, 6.07) is 0. The van der Waals surface area contributed by atoms with Crippen LogP contribution in [-0.4, -0.2) is 24.6 Å². The van der Waals surface area contributed by atoms with Crippen LogP contribution in [0.2, 0.25) is 0 Å². The fourth-order valence-corrected chi connectivity index (χ4v) is 1.76. The third-order valence-electron chi connectivity index (χ3n) is 3.17. The number of hydrogen-bond acceptors (Lipinski definition) is 4. The number of carbonyl (C=O) groups is 2. The molecule has 4 nitrogen and oxygen atoms in total. The lowest BCUT2D eigenvalue weighted by Gasteiger charge is -2.11. The molecule has 1 atom stereocenters. The van der Waals surface area contributed by atoms with Crippen LogP contribution in [-0.2, 0) is 19.1 Å². The summed E-state index contributed by atoms with van der Waals surface area (Å²) >= 11 is 0. The Kier molecular flexibility index (Phi) is 14.0. The molecule has 0 aromatic carbocycles. The fraction of sp³-hybridized carbons (Fsp3) is 0.684. The normalized spacial score (nSPS) is 11.6. The van der Waals surface area contributed by atoms with Gasteiger partial charge in [-0.05, 0) is 19.3 Å². The van der Waals surface area contributed by atoms with Crippen molar-refractivity contribution >= 4 is 11.9 Å². The second kappa shape index (κ2) is 15.1. The highest BCUT2D eigenvalue weighted by Gasteiger charge is 2.09. The van der Waals surface area contributed by atoms with E-state index in [9.17, 15) is 9.59 Å². The SMILES string of the molecule is CCCC#CCC(CC)OC(=O)/C=C/C(=O)OCCCCCC. The van der Waals surface area contributed by atoms with Gasteiger partial charge < -0.3 is 9.47 Å². The molecule has 1 unspecified atom stereocenters. The van der Waals surface area contributed by atoms with Crippen LogP contribution in [0, 0.1) is 11.8 Å². The zero-order chi connectivity index (χ0) is 17.3. The number of ether oxygens (including phenoxy) is 2. The van der Waals surface area contributed by atoms with E-state index in [1.54, 1.807) is 0 Å². The molecule has 0 N–H and O–H groups in total. The first-order chi connectivity index (χ1) is 11.1. The van der Waals surface area contributed by atoms with Crippen molar-refractivity contribution in [3.05, 3.63) is 12.2 Å². The largest absolute Gasteiger partial charge is 0.463 e. The minimum atomic E-state index is -0.530. The van der Waals surface area contributed by atoms with E-state index in [1.165, 1.54) is 0 Å². The fourth-order valence-electron chi connectivity index (χ4n) is 1.76. The van der Waals surface area contributed by atoms with Crippen molar-refractivity contribution in [2.24, 2.45) is 0 Å². The molecule has 0 aliphatic carbocycles. The third kappa shape index (κ3) is 13.6. The summed E-state index contributed by atoms with van der Waals surface area (Å²) in [4.78, 5) is 23.1. The number of carbonyl (C=O) groups excluding carboxylic acids is 2. The second-order valence-electron chi connectivity index (χ2n) is 5.34. The van der Waals surface area contributed by atoms with Crippen molar-refractivity contribution in [2.45, 2.75) is 78.2 Å².